The van der Waals surface area contributed by atoms with Gasteiger partial charge >= 0.3 is 0 Å². The summed E-state index contributed by atoms with van der Waals surface area (Å²) in [6, 6.07) is 10.9. The first-order chi connectivity index (χ1) is 13.2. The van der Waals surface area contributed by atoms with Crippen molar-refractivity contribution in [2.45, 2.75) is 44.7 Å². The lowest BCUT2D eigenvalue weighted by atomic mass is 9.88. The molecule has 1 aromatic carbocycles. The van der Waals surface area contributed by atoms with Gasteiger partial charge < -0.3 is 25.4 Å². The van der Waals surface area contributed by atoms with Crippen LogP contribution in [0.3, 0.4) is 0 Å². The Morgan fingerprint density at radius 3 is 2.57 bits per heavy atom. The van der Waals surface area contributed by atoms with E-state index in [4.69, 9.17) is 9.47 Å². The number of nitrogens with one attached hydrogen (secondary N) is 3. The molecular formula is C21H37IN4O2. The van der Waals surface area contributed by atoms with Gasteiger partial charge in [-0.25, -0.2) is 0 Å². The zero-order valence-corrected chi connectivity index (χ0v) is 19.8. The van der Waals surface area contributed by atoms with Crippen molar-refractivity contribution in [1.29, 1.82) is 0 Å². The minimum atomic E-state index is -0.00352. The van der Waals surface area contributed by atoms with E-state index in [2.05, 4.69) is 58.2 Å². The second-order valence-electron chi connectivity index (χ2n) is 7.07. The van der Waals surface area contributed by atoms with E-state index in [0.29, 0.717) is 0 Å². The number of ether oxygens (including phenoxy) is 2. The molecule has 0 spiro atoms. The monoisotopic (exact) mass is 504 g/mol. The number of hydrogen-bond donors (Lipinski definition) is 3. The molecule has 1 heterocycles. The van der Waals surface area contributed by atoms with Crippen molar-refractivity contribution in [2.24, 2.45) is 4.99 Å². The molecule has 0 amide bonds. The molecule has 3 N–H and O–H groups in total. The van der Waals surface area contributed by atoms with Crippen LogP contribution in [-0.4, -0.2) is 58.1 Å². The van der Waals surface area contributed by atoms with Crippen LogP contribution in [0.1, 0.15) is 44.7 Å². The third-order valence-corrected chi connectivity index (χ3v) is 5.05. The first-order valence-electron chi connectivity index (χ1n) is 10.1. The molecule has 1 aromatic rings. The summed E-state index contributed by atoms with van der Waals surface area (Å²) in [5.41, 5.74) is 1.30. The summed E-state index contributed by atoms with van der Waals surface area (Å²) in [4.78, 5) is 4.35. The van der Waals surface area contributed by atoms with Crippen molar-refractivity contribution < 1.29 is 9.47 Å². The van der Waals surface area contributed by atoms with Gasteiger partial charge in [0.05, 0.1) is 0 Å². The fourth-order valence-electron chi connectivity index (χ4n) is 3.42. The molecule has 2 rings (SSSR count). The minimum Gasteiger partial charge on any atom is -0.382 e. The normalized spacial score (nSPS) is 17.5. The lowest BCUT2D eigenvalue weighted by molar-refractivity contribution is 0.0355. The number of nitrogens with zero attached hydrogens (tertiary/aromatic N) is 1. The van der Waals surface area contributed by atoms with Crippen LogP contribution in [0.2, 0.25) is 0 Å². The van der Waals surface area contributed by atoms with Gasteiger partial charge in [0.2, 0.25) is 0 Å². The maximum atomic E-state index is 5.62. The Morgan fingerprint density at radius 1 is 1.21 bits per heavy atom. The fraction of sp³-hybridized carbons (Fsp3) is 0.667. The molecule has 28 heavy (non-hydrogen) atoms. The van der Waals surface area contributed by atoms with E-state index in [-0.39, 0.29) is 35.6 Å². The first-order valence-corrected chi connectivity index (χ1v) is 10.1. The Morgan fingerprint density at radius 2 is 1.93 bits per heavy atom. The van der Waals surface area contributed by atoms with Gasteiger partial charge in [0, 0.05) is 58.1 Å². The molecule has 1 aliphatic heterocycles. The van der Waals surface area contributed by atoms with Gasteiger partial charge in [0.15, 0.2) is 5.96 Å². The van der Waals surface area contributed by atoms with Crippen molar-refractivity contribution in [3.63, 3.8) is 0 Å². The molecule has 1 aliphatic rings. The molecule has 1 atom stereocenters. The number of aliphatic imine (C=N–C) groups is 1. The summed E-state index contributed by atoms with van der Waals surface area (Å²) >= 11 is 0. The van der Waals surface area contributed by atoms with E-state index in [9.17, 15) is 0 Å². The summed E-state index contributed by atoms with van der Waals surface area (Å²) in [5, 5.41) is 10.7. The molecule has 1 fully saturated rings. The fourth-order valence-corrected chi connectivity index (χ4v) is 3.42. The quantitative estimate of drug-likeness (QED) is 0.198. The van der Waals surface area contributed by atoms with Gasteiger partial charge in [-0.3, -0.25) is 4.99 Å². The minimum absolute atomic E-state index is 0. The zero-order valence-electron chi connectivity index (χ0n) is 17.5. The molecule has 1 saturated heterocycles. The third-order valence-electron chi connectivity index (χ3n) is 5.05. The molecule has 1 unspecified atom stereocenters. The second kappa shape index (κ2) is 14.1. The number of guanidine groups is 1. The van der Waals surface area contributed by atoms with Crippen molar-refractivity contribution in [2.75, 3.05) is 46.6 Å². The van der Waals surface area contributed by atoms with E-state index in [1.807, 2.05) is 14.0 Å². The average Bonchev–Trinajstić information content (AvgIpc) is 2.71. The molecule has 0 saturated carbocycles. The van der Waals surface area contributed by atoms with Gasteiger partial charge in [-0.1, -0.05) is 30.3 Å². The first kappa shape index (κ1) is 25.1. The maximum Gasteiger partial charge on any atom is 0.191 e. The number of hydrogen-bond acceptors (Lipinski definition) is 4. The maximum absolute atomic E-state index is 5.62. The molecule has 0 radical (unpaired) electrons. The molecule has 6 nitrogen and oxygen atoms in total. The van der Waals surface area contributed by atoms with Crippen molar-refractivity contribution in [1.82, 2.24) is 16.0 Å². The Balaban J connectivity index is 0.00000392. The predicted octanol–water partition coefficient (Wildman–Crippen LogP) is 3.10. The van der Waals surface area contributed by atoms with Crippen LogP contribution in [-0.2, 0) is 9.47 Å². The van der Waals surface area contributed by atoms with Crippen molar-refractivity contribution >= 4 is 29.9 Å². The highest BCUT2D eigenvalue weighted by molar-refractivity contribution is 14.0. The zero-order chi connectivity index (χ0) is 19.4. The average molecular weight is 504 g/mol. The molecule has 0 bridgehead atoms. The predicted molar refractivity (Wildman–Crippen MR) is 127 cm³/mol. The van der Waals surface area contributed by atoms with E-state index in [0.717, 1.165) is 64.7 Å². The highest BCUT2D eigenvalue weighted by Gasteiger charge is 2.34. The van der Waals surface area contributed by atoms with Gasteiger partial charge in [-0.15, -0.1) is 24.0 Å². The van der Waals surface area contributed by atoms with E-state index in [1.165, 1.54) is 5.56 Å². The van der Waals surface area contributed by atoms with Gasteiger partial charge in [-0.2, -0.15) is 0 Å². The Labute approximate surface area is 187 Å². The van der Waals surface area contributed by atoms with Crippen LogP contribution in [0.5, 0.6) is 0 Å². The number of benzene rings is 1. The Kier molecular flexibility index (Phi) is 12.7. The summed E-state index contributed by atoms with van der Waals surface area (Å²) in [6.45, 7) is 9.04. The van der Waals surface area contributed by atoms with Crippen molar-refractivity contribution in [3.8, 4) is 0 Å². The number of rotatable bonds is 10. The third kappa shape index (κ3) is 8.63. The van der Waals surface area contributed by atoms with Gasteiger partial charge in [0.25, 0.3) is 0 Å². The van der Waals surface area contributed by atoms with E-state index in [1.54, 1.807) is 0 Å². The van der Waals surface area contributed by atoms with Crippen LogP contribution in [0.25, 0.3) is 0 Å². The van der Waals surface area contributed by atoms with Crippen LogP contribution in [0.15, 0.2) is 35.3 Å². The van der Waals surface area contributed by atoms with E-state index < -0.39 is 0 Å². The molecule has 0 aliphatic carbocycles. The molecule has 0 aromatic heterocycles. The summed E-state index contributed by atoms with van der Waals surface area (Å²) in [5.74, 6) is 0.839. The standard InChI is InChI=1S/C21H36N4O2.HI/c1-4-26-14-8-13-23-20(22-3)24-17-21(11-15-27-16-12-21)25-18(2)19-9-6-5-7-10-19;/h5-7,9-10,18,25H,4,8,11-17H2,1-3H3,(H2,22,23,24);1H. The highest BCUT2D eigenvalue weighted by Crippen LogP contribution is 2.25. The van der Waals surface area contributed by atoms with Gasteiger partial charge in [0.1, 0.15) is 0 Å². The summed E-state index contributed by atoms with van der Waals surface area (Å²) in [7, 11) is 1.81. The topological polar surface area (TPSA) is 66.9 Å². The molecular weight excluding hydrogens is 467 g/mol. The molecule has 7 heteroatoms. The Bertz CT molecular complexity index is 551. The van der Waals surface area contributed by atoms with Crippen LogP contribution < -0.4 is 16.0 Å². The molecule has 160 valence electrons. The van der Waals surface area contributed by atoms with Crippen molar-refractivity contribution in [3.05, 3.63) is 35.9 Å². The summed E-state index contributed by atoms with van der Waals surface area (Å²) < 4.78 is 11.0. The highest BCUT2D eigenvalue weighted by atomic mass is 127. The smallest absolute Gasteiger partial charge is 0.191 e. The lowest BCUT2D eigenvalue weighted by Crippen LogP contribution is -2.58. The SMILES string of the molecule is CCOCCCNC(=NC)NCC1(NC(C)c2ccccc2)CCOCC1.I. The van der Waals surface area contributed by atoms with E-state index >= 15 is 0 Å². The van der Waals surface area contributed by atoms with Gasteiger partial charge in [-0.05, 0) is 38.7 Å². The van der Waals surface area contributed by atoms with Crippen LogP contribution in [0, 0.1) is 0 Å². The largest absolute Gasteiger partial charge is 0.382 e. The van der Waals surface area contributed by atoms with Crippen LogP contribution >= 0.6 is 24.0 Å². The second-order valence-corrected chi connectivity index (χ2v) is 7.07. The van der Waals surface area contributed by atoms with Crippen LogP contribution in [0.4, 0.5) is 0 Å². The lowest BCUT2D eigenvalue weighted by Gasteiger charge is -2.41. The summed E-state index contributed by atoms with van der Waals surface area (Å²) in [6.07, 6.45) is 2.94. The Hall–Kier alpha value is -0.900. The number of halogens is 1.